The minimum atomic E-state index is -0.908. The number of rotatable bonds is 5. The number of nitrogens with one attached hydrogen (secondary N) is 1. The Morgan fingerprint density at radius 3 is 2.38 bits per heavy atom. The second-order valence-electron chi connectivity index (χ2n) is 6.64. The summed E-state index contributed by atoms with van der Waals surface area (Å²) in [7, 11) is 0. The number of para-hydroxylation sites is 1. The van der Waals surface area contributed by atoms with Crippen molar-refractivity contribution in [1.82, 2.24) is 4.90 Å². The highest BCUT2D eigenvalue weighted by atomic mass is 16.4. The Morgan fingerprint density at radius 2 is 1.79 bits per heavy atom. The summed E-state index contributed by atoms with van der Waals surface area (Å²) < 4.78 is 0. The van der Waals surface area contributed by atoms with Crippen LogP contribution in [0, 0.1) is 5.92 Å². The first kappa shape index (κ1) is 16.5. The molecule has 2 N–H and O–H groups in total. The topological polar surface area (TPSA) is 52.6 Å². The smallest absolute Gasteiger partial charge is 0.329 e. The maximum absolute atomic E-state index is 12.1. The molecule has 1 aliphatic heterocycles. The number of benzene rings is 2. The quantitative estimate of drug-likeness (QED) is 0.884. The monoisotopic (exact) mass is 324 g/mol. The maximum Gasteiger partial charge on any atom is 0.329 e. The molecule has 1 fully saturated rings. The Labute approximate surface area is 143 Å². The summed E-state index contributed by atoms with van der Waals surface area (Å²) in [5, 5.41) is 13.2. The molecule has 0 unspecified atom stereocenters. The van der Waals surface area contributed by atoms with Crippen molar-refractivity contribution in [2.75, 3.05) is 18.4 Å². The van der Waals surface area contributed by atoms with E-state index in [0.717, 1.165) is 25.3 Å². The van der Waals surface area contributed by atoms with E-state index in [1.165, 1.54) is 5.56 Å². The van der Waals surface area contributed by atoms with Crippen molar-refractivity contribution in [3.8, 4) is 0 Å². The Bertz CT molecular complexity index is 675. The van der Waals surface area contributed by atoms with Crippen molar-refractivity contribution in [2.24, 2.45) is 5.92 Å². The minimum absolute atomic E-state index is 0.00710. The average molecular weight is 324 g/mol. The maximum atomic E-state index is 12.1. The first-order chi connectivity index (χ1) is 11.6. The number of hydrogen-bond donors (Lipinski definition) is 2. The van der Waals surface area contributed by atoms with Crippen LogP contribution in [0.1, 0.15) is 18.9 Å². The zero-order valence-electron chi connectivity index (χ0n) is 14.0. The number of carboxylic acids is 1. The molecule has 1 saturated heterocycles. The molecule has 0 bridgehead atoms. The third kappa shape index (κ3) is 3.44. The van der Waals surface area contributed by atoms with Gasteiger partial charge in [0.05, 0.1) is 0 Å². The van der Waals surface area contributed by atoms with E-state index in [4.69, 9.17) is 0 Å². The highest BCUT2D eigenvalue weighted by molar-refractivity contribution is 5.83. The van der Waals surface area contributed by atoms with Gasteiger partial charge in [-0.05, 0) is 24.1 Å². The first-order valence-electron chi connectivity index (χ1n) is 8.43. The molecule has 0 aromatic heterocycles. The zero-order valence-corrected chi connectivity index (χ0v) is 14.0. The van der Waals surface area contributed by atoms with Gasteiger partial charge in [-0.25, -0.2) is 4.79 Å². The summed E-state index contributed by atoms with van der Waals surface area (Å²) in [6.07, 6.45) is 0.589. The number of carbonyl (C=O) groups is 1. The fourth-order valence-corrected chi connectivity index (χ4v) is 3.54. The van der Waals surface area contributed by atoms with Crippen molar-refractivity contribution >= 4 is 11.7 Å². The van der Waals surface area contributed by atoms with E-state index in [-0.39, 0.29) is 5.92 Å². The molecule has 0 aliphatic carbocycles. The predicted molar refractivity (Wildman–Crippen MR) is 95.9 cm³/mol. The lowest BCUT2D eigenvalue weighted by Gasteiger charge is -2.44. The number of aliphatic carboxylic acids is 1. The van der Waals surface area contributed by atoms with Gasteiger partial charge in [-0.2, -0.15) is 0 Å². The number of hydrogen-bond acceptors (Lipinski definition) is 3. The lowest BCUT2D eigenvalue weighted by atomic mass is 9.78. The molecule has 2 aromatic rings. The van der Waals surface area contributed by atoms with Gasteiger partial charge in [-0.3, -0.25) is 4.90 Å². The molecule has 24 heavy (non-hydrogen) atoms. The van der Waals surface area contributed by atoms with E-state index >= 15 is 0 Å². The van der Waals surface area contributed by atoms with E-state index in [1.807, 2.05) is 55.5 Å². The van der Waals surface area contributed by atoms with Crippen LogP contribution in [-0.4, -0.2) is 34.6 Å². The van der Waals surface area contributed by atoms with E-state index in [0.29, 0.717) is 6.42 Å². The van der Waals surface area contributed by atoms with Crippen LogP contribution in [0.5, 0.6) is 0 Å². The normalized spacial score (nSPS) is 24.5. The van der Waals surface area contributed by atoms with Gasteiger partial charge in [0.2, 0.25) is 0 Å². The van der Waals surface area contributed by atoms with Gasteiger partial charge in [0, 0.05) is 31.2 Å². The van der Waals surface area contributed by atoms with E-state index in [9.17, 15) is 9.90 Å². The van der Waals surface area contributed by atoms with Crippen LogP contribution < -0.4 is 5.32 Å². The van der Waals surface area contributed by atoms with Gasteiger partial charge in [0.1, 0.15) is 5.54 Å². The SMILES string of the molecule is C[C@@H]1CN(Cc2ccccc2)CC[C@]1(Nc1ccccc1)C(=O)O. The summed E-state index contributed by atoms with van der Waals surface area (Å²) in [4.78, 5) is 14.4. The van der Waals surface area contributed by atoms with Crippen LogP contribution in [0.25, 0.3) is 0 Å². The molecule has 4 nitrogen and oxygen atoms in total. The molecule has 2 aromatic carbocycles. The van der Waals surface area contributed by atoms with Gasteiger partial charge in [0.15, 0.2) is 0 Å². The summed E-state index contributed by atoms with van der Waals surface area (Å²) in [6.45, 7) is 4.43. The van der Waals surface area contributed by atoms with Crippen LogP contribution in [-0.2, 0) is 11.3 Å². The lowest BCUT2D eigenvalue weighted by Crippen LogP contribution is -2.59. The number of anilines is 1. The Morgan fingerprint density at radius 1 is 1.17 bits per heavy atom. The van der Waals surface area contributed by atoms with Crippen LogP contribution in [0.3, 0.4) is 0 Å². The van der Waals surface area contributed by atoms with Crippen molar-refractivity contribution in [2.45, 2.75) is 25.4 Å². The van der Waals surface area contributed by atoms with Gasteiger partial charge in [0.25, 0.3) is 0 Å². The molecule has 3 rings (SSSR count). The molecule has 0 saturated carbocycles. The fourth-order valence-electron chi connectivity index (χ4n) is 3.54. The molecule has 4 heteroatoms. The summed E-state index contributed by atoms with van der Waals surface area (Å²) in [5.74, 6) is -0.758. The Kier molecular flexibility index (Phi) is 4.86. The van der Waals surface area contributed by atoms with Crippen LogP contribution in [0.4, 0.5) is 5.69 Å². The molecular weight excluding hydrogens is 300 g/mol. The molecule has 0 amide bonds. The summed E-state index contributed by atoms with van der Waals surface area (Å²) >= 11 is 0. The summed E-state index contributed by atoms with van der Waals surface area (Å²) in [5.41, 5.74) is 1.22. The van der Waals surface area contributed by atoms with Gasteiger partial charge < -0.3 is 10.4 Å². The number of carboxylic acid groups (broad SMARTS) is 1. The summed E-state index contributed by atoms with van der Waals surface area (Å²) in [6, 6.07) is 20.0. The van der Waals surface area contributed by atoms with Gasteiger partial charge >= 0.3 is 5.97 Å². The largest absolute Gasteiger partial charge is 0.479 e. The van der Waals surface area contributed by atoms with E-state index in [2.05, 4.69) is 22.3 Å². The molecule has 2 atom stereocenters. The van der Waals surface area contributed by atoms with E-state index in [1.54, 1.807) is 0 Å². The standard InChI is InChI=1S/C20H24N2O2/c1-16-14-22(15-17-8-4-2-5-9-17)13-12-20(16,19(23)24)21-18-10-6-3-7-11-18/h2-11,16,21H,12-15H2,1H3,(H,23,24)/t16-,20-/m1/s1. The number of likely N-dealkylation sites (tertiary alicyclic amines) is 1. The first-order valence-corrected chi connectivity index (χ1v) is 8.43. The highest BCUT2D eigenvalue weighted by Gasteiger charge is 2.47. The minimum Gasteiger partial charge on any atom is -0.479 e. The third-order valence-electron chi connectivity index (χ3n) is 4.97. The predicted octanol–water partition coefficient (Wildman–Crippen LogP) is 3.46. The highest BCUT2D eigenvalue weighted by Crippen LogP contribution is 2.32. The molecule has 0 radical (unpaired) electrons. The number of nitrogens with zero attached hydrogens (tertiary/aromatic N) is 1. The van der Waals surface area contributed by atoms with Crippen molar-refractivity contribution < 1.29 is 9.90 Å². The molecular formula is C20H24N2O2. The van der Waals surface area contributed by atoms with Crippen LogP contribution in [0.2, 0.25) is 0 Å². The van der Waals surface area contributed by atoms with Crippen molar-refractivity contribution in [3.05, 3.63) is 66.2 Å². The van der Waals surface area contributed by atoms with E-state index < -0.39 is 11.5 Å². The second kappa shape index (κ2) is 7.05. The van der Waals surface area contributed by atoms with Crippen molar-refractivity contribution in [3.63, 3.8) is 0 Å². The van der Waals surface area contributed by atoms with Gasteiger partial charge in [-0.15, -0.1) is 0 Å². The lowest BCUT2D eigenvalue weighted by molar-refractivity contribution is -0.146. The zero-order chi connectivity index (χ0) is 17.0. The third-order valence-corrected chi connectivity index (χ3v) is 4.97. The van der Waals surface area contributed by atoms with Gasteiger partial charge in [-0.1, -0.05) is 55.5 Å². The van der Waals surface area contributed by atoms with Crippen LogP contribution in [0.15, 0.2) is 60.7 Å². The number of piperidine rings is 1. The molecule has 126 valence electrons. The van der Waals surface area contributed by atoms with Crippen molar-refractivity contribution in [1.29, 1.82) is 0 Å². The molecule has 1 heterocycles. The second-order valence-corrected chi connectivity index (χ2v) is 6.64. The average Bonchev–Trinajstić information content (AvgIpc) is 2.59. The fraction of sp³-hybridized carbons (Fsp3) is 0.350. The molecule has 0 spiro atoms. The molecule has 1 aliphatic rings. The Balaban J connectivity index is 1.72. The van der Waals surface area contributed by atoms with Crippen LogP contribution >= 0.6 is 0 Å². The Hall–Kier alpha value is -2.33.